The van der Waals surface area contributed by atoms with Gasteiger partial charge in [0, 0.05) is 12.4 Å². The lowest BCUT2D eigenvalue weighted by atomic mass is 9.85. The van der Waals surface area contributed by atoms with Gasteiger partial charge in [-0.25, -0.2) is 0 Å². The van der Waals surface area contributed by atoms with Gasteiger partial charge >= 0.3 is 5.97 Å². The highest BCUT2D eigenvalue weighted by Gasteiger charge is 2.31. The fourth-order valence-electron chi connectivity index (χ4n) is 2.48. The van der Waals surface area contributed by atoms with Crippen LogP contribution in [0.4, 0.5) is 0 Å². The molecule has 0 bridgehead atoms. The SMILES string of the molecule is Cl.O=C(O)C(c1ccncc1)C1CCCC1. The molecule has 16 heavy (non-hydrogen) atoms. The first-order valence-corrected chi connectivity index (χ1v) is 5.42. The van der Waals surface area contributed by atoms with Crippen molar-refractivity contribution in [1.82, 2.24) is 4.98 Å². The third kappa shape index (κ3) is 2.73. The van der Waals surface area contributed by atoms with Gasteiger partial charge in [0.25, 0.3) is 0 Å². The molecule has 88 valence electrons. The van der Waals surface area contributed by atoms with Crippen molar-refractivity contribution in [2.75, 3.05) is 0 Å². The van der Waals surface area contributed by atoms with Crippen molar-refractivity contribution in [3.05, 3.63) is 30.1 Å². The van der Waals surface area contributed by atoms with Gasteiger partial charge in [0.1, 0.15) is 0 Å². The predicted octanol–water partition coefficient (Wildman–Crippen LogP) is 2.86. The molecule has 1 aliphatic rings. The molecule has 1 saturated carbocycles. The summed E-state index contributed by atoms with van der Waals surface area (Å²) in [5.74, 6) is -0.728. The smallest absolute Gasteiger partial charge is 0.311 e. The Morgan fingerprint density at radius 1 is 1.31 bits per heavy atom. The Hall–Kier alpha value is -1.09. The number of aliphatic carboxylic acids is 1. The van der Waals surface area contributed by atoms with Crippen LogP contribution in [-0.4, -0.2) is 16.1 Å². The van der Waals surface area contributed by atoms with Crippen molar-refractivity contribution in [2.45, 2.75) is 31.6 Å². The van der Waals surface area contributed by atoms with E-state index in [-0.39, 0.29) is 18.3 Å². The van der Waals surface area contributed by atoms with Gasteiger partial charge in [-0.05, 0) is 36.5 Å². The summed E-state index contributed by atoms with van der Waals surface area (Å²) in [6, 6.07) is 3.63. The summed E-state index contributed by atoms with van der Waals surface area (Å²) in [6.07, 6.45) is 7.75. The van der Waals surface area contributed by atoms with Crippen LogP contribution in [-0.2, 0) is 4.79 Å². The molecule has 0 aliphatic heterocycles. The molecule has 2 rings (SSSR count). The van der Waals surface area contributed by atoms with Crippen LogP contribution in [0.5, 0.6) is 0 Å². The van der Waals surface area contributed by atoms with Crippen molar-refractivity contribution in [3.63, 3.8) is 0 Å². The van der Waals surface area contributed by atoms with Gasteiger partial charge in [0.2, 0.25) is 0 Å². The minimum absolute atomic E-state index is 0. The molecule has 1 N–H and O–H groups in total. The topological polar surface area (TPSA) is 50.2 Å². The minimum atomic E-state index is -0.701. The molecule has 0 aromatic carbocycles. The lowest BCUT2D eigenvalue weighted by Crippen LogP contribution is -2.19. The van der Waals surface area contributed by atoms with E-state index in [9.17, 15) is 9.90 Å². The summed E-state index contributed by atoms with van der Waals surface area (Å²) in [5, 5.41) is 9.27. The van der Waals surface area contributed by atoms with Crippen molar-refractivity contribution >= 4 is 18.4 Å². The number of hydrogen-bond donors (Lipinski definition) is 1. The number of hydrogen-bond acceptors (Lipinski definition) is 2. The highest BCUT2D eigenvalue weighted by molar-refractivity contribution is 5.85. The van der Waals surface area contributed by atoms with Crippen LogP contribution in [0.1, 0.15) is 37.2 Å². The number of rotatable bonds is 3. The Labute approximate surface area is 101 Å². The van der Waals surface area contributed by atoms with E-state index in [0.29, 0.717) is 5.92 Å². The second kappa shape index (κ2) is 5.85. The van der Waals surface area contributed by atoms with Crippen LogP contribution >= 0.6 is 12.4 Å². The average molecular weight is 242 g/mol. The van der Waals surface area contributed by atoms with Crippen LogP contribution < -0.4 is 0 Å². The van der Waals surface area contributed by atoms with E-state index < -0.39 is 5.97 Å². The number of aromatic nitrogens is 1. The first-order valence-electron chi connectivity index (χ1n) is 5.42. The lowest BCUT2D eigenvalue weighted by Gasteiger charge is -2.19. The molecule has 1 fully saturated rings. The number of nitrogens with zero attached hydrogens (tertiary/aromatic N) is 1. The summed E-state index contributed by atoms with van der Waals surface area (Å²) >= 11 is 0. The summed E-state index contributed by atoms with van der Waals surface area (Å²) in [4.78, 5) is 15.2. The van der Waals surface area contributed by atoms with Crippen LogP contribution in [0.3, 0.4) is 0 Å². The fourth-order valence-corrected chi connectivity index (χ4v) is 2.48. The second-order valence-corrected chi connectivity index (χ2v) is 4.14. The summed E-state index contributed by atoms with van der Waals surface area (Å²) in [7, 11) is 0. The maximum atomic E-state index is 11.3. The fraction of sp³-hybridized carbons (Fsp3) is 0.500. The molecule has 0 radical (unpaired) electrons. The molecule has 1 unspecified atom stereocenters. The standard InChI is InChI=1S/C12H15NO2.ClH/c14-12(15)11(9-3-1-2-4-9)10-5-7-13-8-6-10;/h5-9,11H,1-4H2,(H,14,15);1H. The Bertz CT molecular complexity index is 336. The van der Waals surface area contributed by atoms with Gasteiger partial charge in [0.05, 0.1) is 5.92 Å². The van der Waals surface area contributed by atoms with E-state index >= 15 is 0 Å². The van der Waals surface area contributed by atoms with Gasteiger partial charge < -0.3 is 5.11 Å². The van der Waals surface area contributed by atoms with Crippen LogP contribution in [0.25, 0.3) is 0 Å². The average Bonchev–Trinajstić information content (AvgIpc) is 2.72. The van der Waals surface area contributed by atoms with Gasteiger partial charge in [-0.3, -0.25) is 9.78 Å². The molecular formula is C12H16ClNO2. The first-order chi connectivity index (χ1) is 7.29. The van der Waals surface area contributed by atoms with Crippen LogP contribution in [0, 0.1) is 5.92 Å². The molecule has 1 aromatic rings. The van der Waals surface area contributed by atoms with Crippen molar-refractivity contribution in [1.29, 1.82) is 0 Å². The van der Waals surface area contributed by atoms with E-state index in [1.54, 1.807) is 12.4 Å². The molecular weight excluding hydrogens is 226 g/mol. The molecule has 1 heterocycles. The molecule has 0 saturated heterocycles. The van der Waals surface area contributed by atoms with Gasteiger partial charge in [-0.1, -0.05) is 12.8 Å². The van der Waals surface area contributed by atoms with Gasteiger partial charge in [0.15, 0.2) is 0 Å². The normalized spacial score (nSPS) is 17.8. The molecule has 1 aliphatic carbocycles. The lowest BCUT2D eigenvalue weighted by molar-refractivity contribution is -0.140. The van der Waals surface area contributed by atoms with Crippen molar-refractivity contribution in [3.8, 4) is 0 Å². The minimum Gasteiger partial charge on any atom is -0.481 e. The Morgan fingerprint density at radius 3 is 2.38 bits per heavy atom. The quantitative estimate of drug-likeness (QED) is 0.885. The third-order valence-electron chi connectivity index (χ3n) is 3.20. The summed E-state index contributed by atoms with van der Waals surface area (Å²) in [6.45, 7) is 0. The number of carboxylic acids is 1. The molecule has 0 amide bonds. The van der Waals surface area contributed by atoms with Crippen LogP contribution in [0.15, 0.2) is 24.5 Å². The molecule has 1 aromatic heterocycles. The molecule has 4 heteroatoms. The third-order valence-corrected chi connectivity index (χ3v) is 3.20. The van der Waals surface area contributed by atoms with E-state index in [2.05, 4.69) is 4.98 Å². The summed E-state index contributed by atoms with van der Waals surface area (Å²) in [5.41, 5.74) is 0.893. The van der Waals surface area contributed by atoms with Crippen molar-refractivity contribution < 1.29 is 9.90 Å². The monoisotopic (exact) mass is 241 g/mol. The molecule has 1 atom stereocenters. The van der Waals surface area contributed by atoms with E-state index in [1.807, 2.05) is 12.1 Å². The van der Waals surface area contributed by atoms with Crippen molar-refractivity contribution in [2.24, 2.45) is 5.92 Å². The Morgan fingerprint density at radius 2 is 1.88 bits per heavy atom. The molecule has 0 spiro atoms. The number of halogens is 1. The number of pyridine rings is 1. The van der Waals surface area contributed by atoms with Crippen LogP contribution in [0.2, 0.25) is 0 Å². The maximum Gasteiger partial charge on any atom is 0.311 e. The highest BCUT2D eigenvalue weighted by atomic mass is 35.5. The largest absolute Gasteiger partial charge is 0.481 e. The van der Waals surface area contributed by atoms with E-state index in [1.165, 1.54) is 12.8 Å². The van der Waals surface area contributed by atoms with Gasteiger partial charge in [-0.15, -0.1) is 12.4 Å². The molecule has 3 nitrogen and oxygen atoms in total. The highest BCUT2D eigenvalue weighted by Crippen LogP contribution is 2.37. The Kier molecular flexibility index (Phi) is 4.74. The zero-order valence-corrected chi connectivity index (χ0v) is 9.82. The second-order valence-electron chi connectivity index (χ2n) is 4.14. The number of carboxylic acid groups (broad SMARTS) is 1. The van der Waals surface area contributed by atoms with Gasteiger partial charge in [-0.2, -0.15) is 0 Å². The van der Waals surface area contributed by atoms with E-state index in [4.69, 9.17) is 0 Å². The maximum absolute atomic E-state index is 11.3. The first kappa shape index (κ1) is 13.0. The predicted molar refractivity (Wildman–Crippen MR) is 63.8 cm³/mol. The summed E-state index contributed by atoms with van der Waals surface area (Å²) < 4.78 is 0. The number of carbonyl (C=O) groups is 1. The zero-order valence-electron chi connectivity index (χ0n) is 9.00. The van der Waals surface area contributed by atoms with E-state index in [0.717, 1.165) is 18.4 Å². The Balaban J connectivity index is 0.00000128. The zero-order chi connectivity index (χ0) is 10.7.